The first kappa shape index (κ1) is 16.8. The molecule has 1 aliphatic rings. The number of aromatic amines is 1. The van der Waals surface area contributed by atoms with Gasteiger partial charge in [-0.05, 0) is 43.5 Å². The van der Waals surface area contributed by atoms with Gasteiger partial charge < -0.3 is 19.8 Å². The molecular formula is C22H26N2O2. The molecule has 26 heavy (non-hydrogen) atoms. The van der Waals surface area contributed by atoms with Crippen molar-refractivity contribution < 1.29 is 9.47 Å². The molecule has 1 aliphatic heterocycles. The normalized spacial score (nSPS) is 21.1. The zero-order chi connectivity index (χ0) is 18.5. The molecule has 0 saturated heterocycles. The van der Waals surface area contributed by atoms with Crippen LogP contribution in [0.1, 0.15) is 38.3 Å². The third-order valence-corrected chi connectivity index (χ3v) is 5.57. The average Bonchev–Trinajstić information content (AvgIpc) is 3.04. The molecule has 136 valence electrons. The molecule has 3 aromatic rings. The van der Waals surface area contributed by atoms with Gasteiger partial charge in [0.05, 0.1) is 14.2 Å². The van der Waals surface area contributed by atoms with Crippen molar-refractivity contribution in [3.63, 3.8) is 0 Å². The van der Waals surface area contributed by atoms with E-state index in [-0.39, 0.29) is 11.0 Å². The molecule has 4 rings (SSSR count). The molecule has 4 heteroatoms. The number of anilines is 1. The van der Waals surface area contributed by atoms with E-state index in [4.69, 9.17) is 9.47 Å². The van der Waals surface area contributed by atoms with E-state index < -0.39 is 0 Å². The summed E-state index contributed by atoms with van der Waals surface area (Å²) in [6.07, 6.45) is 3.14. The van der Waals surface area contributed by atoms with Crippen LogP contribution in [0.25, 0.3) is 10.9 Å². The van der Waals surface area contributed by atoms with Crippen LogP contribution in [-0.4, -0.2) is 24.7 Å². The van der Waals surface area contributed by atoms with E-state index in [9.17, 15) is 0 Å². The third kappa shape index (κ3) is 2.44. The Morgan fingerprint density at radius 1 is 0.923 bits per heavy atom. The van der Waals surface area contributed by atoms with Gasteiger partial charge in [0.15, 0.2) is 11.5 Å². The number of hydrogen-bond acceptors (Lipinski definition) is 3. The Balaban J connectivity index is 2.00. The van der Waals surface area contributed by atoms with Crippen molar-refractivity contribution in [1.82, 2.24) is 4.98 Å². The van der Waals surface area contributed by atoms with Gasteiger partial charge in [0, 0.05) is 39.8 Å². The highest BCUT2D eigenvalue weighted by molar-refractivity contribution is 5.86. The van der Waals surface area contributed by atoms with Crippen molar-refractivity contribution in [3.05, 3.63) is 53.7 Å². The van der Waals surface area contributed by atoms with Gasteiger partial charge in [-0.15, -0.1) is 0 Å². The fourth-order valence-corrected chi connectivity index (χ4v) is 4.60. The van der Waals surface area contributed by atoms with Crippen molar-refractivity contribution in [1.29, 1.82) is 0 Å². The highest BCUT2D eigenvalue weighted by Gasteiger charge is 2.43. The van der Waals surface area contributed by atoms with Gasteiger partial charge in [-0.25, -0.2) is 0 Å². The van der Waals surface area contributed by atoms with E-state index in [1.165, 1.54) is 22.0 Å². The zero-order valence-electron chi connectivity index (χ0n) is 16.1. The maximum atomic E-state index is 5.59. The summed E-state index contributed by atoms with van der Waals surface area (Å²) in [4.78, 5) is 3.44. The average molecular weight is 350 g/mol. The molecular weight excluding hydrogens is 324 g/mol. The molecule has 2 N–H and O–H groups in total. The van der Waals surface area contributed by atoms with Crippen LogP contribution in [0.5, 0.6) is 11.5 Å². The van der Waals surface area contributed by atoms with Crippen LogP contribution in [-0.2, 0) is 5.41 Å². The molecule has 0 radical (unpaired) electrons. The van der Waals surface area contributed by atoms with Crippen molar-refractivity contribution in [3.8, 4) is 11.5 Å². The lowest BCUT2D eigenvalue weighted by Crippen LogP contribution is -2.45. The van der Waals surface area contributed by atoms with Gasteiger partial charge in [0.2, 0.25) is 0 Å². The van der Waals surface area contributed by atoms with Gasteiger partial charge in [-0.2, -0.15) is 0 Å². The zero-order valence-corrected chi connectivity index (χ0v) is 16.1. The lowest BCUT2D eigenvalue weighted by atomic mass is 9.66. The van der Waals surface area contributed by atoms with E-state index >= 15 is 0 Å². The quantitative estimate of drug-likeness (QED) is 0.692. The second-order valence-electron chi connectivity index (χ2n) is 8.02. The largest absolute Gasteiger partial charge is 0.493 e. The summed E-state index contributed by atoms with van der Waals surface area (Å²) >= 11 is 0. The fraction of sp³-hybridized carbons (Fsp3) is 0.364. The lowest BCUT2D eigenvalue weighted by molar-refractivity contribution is 0.346. The number of aromatic nitrogens is 1. The minimum Gasteiger partial charge on any atom is -0.493 e. The Kier molecular flexibility index (Phi) is 3.69. The molecule has 4 nitrogen and oxygen atoms in total. The van der Waals surface area contributed by atoms with Crippen LogP contribution in [0.4, 0.5) is 5.69 Å². The predicted molar refractivity (Wildman–Crippen MR) is 107 cm³/mol. The Morgan fingerprint density at radius 2 is 1.62 bits per heavy atom. The summed E-state index contributed by atoms with van der Waals surface area (Å²) in [5.41, 5.74) is 4.63. The van der Waals surface area contributed by atoms with Crippen molar-refractivity contribution in [2.24, 2.45) is 0 Å². The van der Waals surface area contributed by atoms with Gasteiger partial charge in [0.1, 0.15) is 0 Å². The second-order valence-corrected chi connectivity index (χ2v) is 8.02. The molecule has 0 bridgehead atoms. The molecule has 0 spiro atoms. The molecule has 0 aliphatic carbocycles. The van der Waals surface area contributed by atoms with Crippen molar-refractivity contribution >= 4 is 16.6 Å². The molecule has 0 fully saturated rings. The number of fused-ring (bicyclic) bond motifs is 2. The van der Waals surface area contributed by atoms with Crippen LogP contribution in [0.3, 0.4) is 0 Å². The molecule has 0 saturated carbocycles. The molecule has 0 unspecified atom stereocenters. The van der Waals surface area contributed by atoms with Gasteiger partial charge >= 0.3 is 0 Å². The minimum absolute atomic E-state index is 0.0419. The van der Waals surface area contributed by atoms with Crippen LogP contribution in [0.15, 0.2) is 42.6 Å². The van der Waals surface area contributed by atoms with E-state index in [1.54, 1.807) is 14.2 Å². The van der Waals surface area contributed by atoms with E-state index in [2.05, 4.69) is 73.7 Å². The van der Waals surface area contributed by atoms with Crippen molar-refractivity contribution in [2.45, 2.75) is 38.1 Å². The molecule has 1 atom stereocenters. The number of benzene rings is 2. The standard InChI is InChI=1S/C22H26N2O2/c1-21(2)13-22(3,16-12-23-17-9-7-6-8-14(16)17)15-10-19(25-4)20(26-5)11-18(15)24-21/h6-12,23-24H,13H2,1-5H3/t22-/m0/s1. The summed E-state index contributed by atoms with van der Waals surface area (Å²) in [5.74, 6) is 1.51. The Bertz CT molecular complexity index is 973. The highest BCUT2D eigenvalue weighted by Crippen LogP contribution is 2.51. The smallest absolute Gasteiger partial charge is 0.162 e. The van der Waals surface area contributed by atoms with Gasteiger partial charge in [-0.1, -0.05) is 25.1 Å². The summed E-state index contributed by atoms with van der Waals surface area (Å²) < 4.78 is 11.1. The fourth-order valence-electron chi connectivity index (χ4n) is 4.60. The lowest BCUT2D eigenvalue weighted by Gasteiger charge is -2.45. The number of H-pyrrole nitrogens is 1. The van der Waals surface area contributed by atoms with E-state index in [0.717, 1.165) is 23.6 Å². The summed E-state index contributed by atoms with van der Waals surface area (Å²) in [5, 5.41) is 4.95. The number of hydrogen-bond donors (Lipinski definition) is 2. The number of para-hydroxylation sites is 1. The predicted octanol–water partition coefficient (Wildman–Crippen LogP) is 5.09. The summed E-state index contributed by atoms with van der Waals surface area (Å²) in [7, 11) is 3.37. The van der Waals surface area contributed by atoms with Crippen LogP contribution < -0.4 is 14.8 Å². The summed E-state index contributed by atoms with van der Waals surface area (Å²) in [6.45, 7) is 6.83. The highest BCUT2D eigenvalue weighted by atomic mass is 16.5. The van der Waals surface area contributed by atoms with Crippen LogP contribution in [0.2, 0.25) is 0 Å². The molecule has 0 amide bonds. The van der Waals surface area contributed by atoms with Crippen LogP contribution >= 0.6 is 0 Å². The van der Waals surface area contributed by atoms with E-state index in [0.29, 0.717) is 0 Å². The molecule has 2 heterocycles. The topological polar surface area (TPSA) is 46.3 Å². The number of rotatable bonds is 3. The Hall–Kier alpha value is -2.62. The van der Waals surface area contributed by atoms with Crippen LogP contribution in [0, 0.1) is 0 Å². The van der Waals surface area contributed by atoms with E-state index in [1.807, 2.05) is 0 Å². The summed E-state index contributed by atoms with van der Waals surface area (Å²) in [6, 6.07) is 12.7. The van der Waals surface area contributed by atoms with Gasteiger partial charge in [0.25, 0.3) is 0 Å². The monoisotopic (exact) mass is 350 g/mol. The number of ether oxygens (including phenoxy) is 2. The first-order chi connectivity index (χ1) is 12.4. The maximum absolute atomic E-state index is 5.59. The van der Waals surface area contributed by atoms with Crippen molar-refractivity contribution in [2.75, 3.05) is 19.5 Å². The minimum atomic E-state index is -0.150. The second kappa shape index (κ2) is 5.70. The maximum Gasteiger partial charge on any atom is 0.162 e. The third-order valence-electron chi connectivity index (χ3n) is 5.57. The Morgan fingerprint density at radius 3 is 2.35 bits per heavy atom. The molecule has 2 aromatic carbocycles. The molecule has 1 aromatic heterocycles. The number of nitrogens with one attached hydrogen (secondary N) is 2. The number of methoxy groups -OCH3 is 2. The Labute approximate surface area is 154 Å². The van der Waals surface area contributed by atoms with Gasteiger partial charge in [-0.3, -0.25) is 0 Å². The first-order valence-corrected chi connectivity index (χ1v) is 8.99. The SMILES string of the molecule is COc1cc2c(cc1OC)[C@@](C)(c1c[nH]c3ccccc13)CC(C)(C)N2. The first-order valence-electron chi connectivity index (χ1n) is 8.99.